The summed E-state index contributed by atoms with van der Waals surface area (Å²) in [6.07, 6.45) is -11.0. The van der Waals surface area contributed by atoms with Crippen LogP contribution in [-0.4, -0.2) is 43.2 Å². The molecule has 0 N–H and O–H groups in total. The largest absolute Gasteiger partial charge is 0.465 e. The number of ether oxygens (including phenoxy) is 2. The maximum Gasteiger partial charge on any atom is 0.433 e. The van der Waals surface area contributed by atoms with Gasteiger partial charge in [-0.25, -0.2) is 9.79 Å². The summed E-state index contributed by atoms with van der Waals surface area (Å²) in [6, 6.07) is 0. The quantitative estimate of drug-likeness (QED) is 0.533. The van der Waals surface area contributed by atoms with Crippen LogP contribution in [0.5, 0.6) is 0 Å². The number of nitrogens with zero attached hydrogens (tertiary/aromatic N) is 1. The molecular weight excluding hydrogens is 372 g/mol. The highest BCUT2D eigenvalue weighted by Gasteiger charge is 2.55. The Labute approximate surface area is 145 Å². The van der Waals surface area contributed by atoms with Gasteiger partial charge in [0.1, 0.15) is 11.6 Å². The molecule has 2 atom stereocenters. The Morgan fingerprint density at radius 1 is 0.962 bits per heavy atom. The zero-order chi connectivity index (χ0) is 20.3. The minimum absolute atomic E-state index is 0.290. The molecule has 0 spiro atoms. The third-order valence-corrected chi connectivity index (χ3v) is 3.59. The van der Waals surface area contributed by atoms with Crippen LogP contribution < -0.4 is 0 Å². The normalized spacial score (nSPS) is 21.3. The molecule has 0 fully saturated rings. The summed E-state index contributed by atoms with van der Waals surface area (Å²) in [5.41, 5.74) is -5.05. The number of aliphatic imine (C=N–C) groups is 1. The van der Waals surface area contributed by atoms with Crippen LogP contribution in [0.15, 0.2) is 16.3 Å². The van der Waals surface area contributed by atoms with Gasteiger partial charge in [-0.05, 0) is 20.3 Å². The molecule has 0 amide bonds. The molecule has 0 bridgehead atoms. The van der Waals surface area contributed by atoms with E-state index in [-0.39, 0.29) is 19.6 Å². The molecule has 0 radical (unpaired) electrons. The molecular formula is C15H17F6NO4. The van der Waals surface area contributed by atoms with E-state index in [0.717, 1.165) is 0 Å². The van der Waals surface area contributed by atoms with Gasteiger partial charge in [-0.1, -0.05) is 6.92 Å². The SMILES string of the molecule is CCOC(=O)C1=C(C(F)(F)F)N=C(C(F)(F)F)C(C(=O)OCC)C1CC. The molecule has 1 rings (SSSR count). The summed E-state index contributed by atoms with van der Waals surface area (Å²) in [5.74, 6) is -6.80. The van der Waals surface area contributed by atoms with Crippen LogP contribution in [0.1, 0.15) is 27.2 Å². The van der Waals surface area contributed by atoms with E-state index in [1.54, 1.807) is 0 Å². The van der Waals surface area contributed by atoms with E-state index >= 15 is 0 Å². The van der Waals surface area contributed by atoms with Crippen molar-refractivity contribution in [2.24, 2.45) is 16.8 Å². The first-order valence-electron chi connectivity index (χ1n) is 7.70. The van der Waals surface area contributed by atoms with Crippen molar-refractivity contribution < 1.29 is 45.4 Å². The van der Waals surface area contributed by atoms with Gasteiger partial charge in [0.15, 0.2) is 5.70 Å². The lowest BCUT2D eigenvalue weighted by atomic mass is 9.77. The summed E-state index contributed by atoms with van der Waals surface area (Å²) < 4.78 is 88.9. The van der Waals surface area contributed by atoms with E-state index in [1.807, 2.05) is 0 Å². The number of hydrogen-bond donors (Lipinski definition) is 0. The Hall–Kier alpha value is -2.07. The minimum atomic E-state index is -5.34. The predicted molar refractivity (Wildman–Crippen MR) is 77.1 cm³/mol. The fourth-order valence-corrected chi connectivity index (χ4v) is 2.64. The van der Waals surface area contributed by atoms with Crippen LogP contribution >= 0.6 is 0 Å². The fourth-order valence-electron chi connectivity index (χ4n) is 2.64. The van der Waals surface area contributed by atoms with Crippen LogP contribution in [0.25, 0.3) is 0 Å². The maximum absolute atomic E-state index is 13.3. The number of hydrogen-bond acceptors (Lipinski definition) is 5. The monoisotopic (exact) mass is 389 g/mol. The lowest BCUT2D eigenvalue weighted by Crippen LogP contribution is -2.46. The Bertz CT molecular complexity index is 621. The molecule has 1 heterocycles. The van der Waals surface area contributed by atoms with Crippen molar-refractivity contribution in [2.45, 2.75) is 39.5 Å². The minimum Gasteiger partial charge on any atom is -0.465 e. The van der Waals surface area contributed by atoms with Crippen molar-refractivity contribution in [2.75, 3.05) is 13.2 Å². The highest BCUT2D eigenvalue weighted by Crippen LogP contribution is 2.44. The van der Waals surface area contributed by atoms with E-state index in [9.17, 15) is 35.9 Å². The Kier molecular flexibility index (Phi) is 6.83. The zero-order valence-corrected chi connectivity index (χ0v) is 14.1. The van der Waals surface area contributed by atoms with Crippen molar-refractivity contribution in [3.63, 3.8) is 0 Å². The predicted octanol–water partition coefficient (Wildman–Crippen LogP) is 3.59. The van der Waals surface area contributed by atoms with Crippen LogP contribution in [0.4, 0.5) is 26.3 Å². The average Bonchev–Trinajstić information content (AvgIpc) is 2.51. The third-order valence-electron chi connectivity index (χ3n) is 3.59. The van der Waals surface area contributed by atoms with Gasteiger partial charge in [0.05, 0.1) is 18.8 Å². The van der Waals surface area contributed by atoms with Crippen molar-refractivity contribution >= 4 is 17.7 Å². The standard InChI is InChI=1S/C15H17F6NO4/c1-4-7-8(12(23)25-5-2)10(14(16,17)18)22-11(15(19,20)21)9(7)13(24)26-6-3/h7-8H,4-6H2,1-3H3. The van der Waals surface area contributed by atoms with Crippen molar-refractivity contribution in [3.8, 4) is 0 Å². The van der Waals surface area contributed by atoms with Crippen LogP contribution in [0.3, 0.4) is 0 Å². The van der Waals surface area contributed by atoms with Gasteiger partial charge < -0.3 is 9.47 Å². The van der Waals surface area contributed by atoms with E-state index in [2.05, 4.69) is 14.5 Å². The van der Waals surface area contributed by atoms with E-state index in [0.29, 0.717) is 0 Å². The lowest BCUT2D eigenvalue weighted by molar-refractivity contribution is -0.150. The molecule has 1 aliphatic rings. The van der Waals surface area contributed by atoms with Crippen LogP contribution in [-0.2, 0) is 19.1 Å². The first kappa shape index (κ1) is 22.0. The topological polar surface area (TPSA) is 65.0 Å². The summed E-state index contributed by atoms with van der Waals surface area (Å²) in [5, 5.41) is 0. The zero-order valence-electron chi connectivity index (χ0n) is 14.1. The second-order valence-electron chi connectivity index (χ2n) is 5.22. The molecule has 0 saturated heterocycles. The van der Waals surface area contributed by atoms with Crippen molar-refractivity contribution in [3.05, 3.63) is 11.3 Å². The number of carbonyl (C=O) groups is 2. The highest BCUT2D eigenvalue weighted by atomic mass is 19.4. The maximum atomic E-state index is 13.3. The molecule has 5 nitrogen and oxygen atoms in total. The summed E-state index contributed by atoms with van der Waals surface area (Å²) in [7, 11) is 0. The Morgan fingerprint density at radius 2 is 1.50 bits per heavy atom. The molecule has 1 aliphatic heterocycles. The molecule has 0 aliphatic carbocycles. The van der Waals surface area contributed by atoms with Gasteiger partial charge in [0, 0.05) is 5.92 Å². The molecule has 0 aromatic rings. The number of allylic oxidation sites excluding steroid dienone is 1. The highest BCUT2D eigenvalue weighted by molar-refractivity contribution is 6.09. The van der Waals surface area contributed by atoms with Gasteiger partial charge in [-0.2, -0.15) is 26.3 Å². The van der Waals surface area contributed by atoms with Crippen molar-refractivity contribution in [1.82, 2.24) is 0 Å². The third kappa shape index (κ3) is 4.55. The molecule has 26 heavy (non-hydrogen) atoms. The second kappa shape index (κ2) is 8.09. The Morgan fingerprint density at radius 3 is 1.88 bits per heavy atom. The molecule has 2 unspecified atom stereocenters. The van der Waals surface area contributed by atoms with Crippen molar-refractivity contribution in [1.29, 1.82) is 0 Å². The van der Waals surface area contributed by atoms with Gasteiger partial charge >= 0.3 is 24.3 Å². The van der Waals surface area contributed by atoms with E-state index < -0.39 is 53.1 Å². The van der Waals surface area contributed by atoms with E-state index in [4.69, 9.17) is 0 Å². The molecule has 11 heteroatoms. The number of halogens is 6. The smallest absolute Gasteiger partial charge is 0.433 e. The lowest BCUT2D eigenvalue weighted by Gasteiger charge is -2.33. The van der Waals surface area contributed by atoms with Crippen LogP contribution in [0, 0.1) is 11.8 Å². The molecule has 0 saturated carbocycles. The van der Waals surface area contributed by atoms with Gasteiger partial charge in [-0.15, -0.1) is 0 Å². The van der Waals surface area contributed by atoms with Gasteiger partial charge in [0.25, 0.3) is 0 Å². The molecule has 0 aromatic carbocycles. The fraction of sp³-hybridized carbons (Fsp3) is 0.667. The Balaban J connectivity index is 3.75. The summed E-state index contributed by atoms with van der Waals surface area (Å²) in [4.78, 5) is 26.7. The summed E-state index contributed by atoms with van der Waals surface area (Å²) in [6.45, 7) is 3.31. The summed E-state index contributed by atoms with van der Waals surface area (Å²) >= 11 is 0. The number of carbonyl (C=O) groups excluding carboxylic acids is 2. The van der Waals surface area contributed by atoms with Gasteiger partial charge in [0.2, 0.25) is 0 Å². The number of rotatable bonds is 5. The first-order chi connectivity index (χ1) is 11.9. The van der Waals surface area contributed by atoms with E-state index in [1.165, 1.54) is 20.8 Å². The molecule has 148 valence electrons. The number of alkyl halides is 6. The average molecular weight is 389 g/mol. The first-order valence-corrected chi connectivity index (χ1v) is 7.70. The second-order valence-corrected chi connectivity index (χ2v) is 5.22. The molecule has 0 aromatic heterocycles. The van der Waals surface area contributed by atoms with Crippen LogP contribution in [0.2, 0.25) is 0 Å². The number of esters is 2. The van der Waals surface area contributed by atoms with Gasteiger partial charge in [-0.3, -0.25) is 4.79 Å².